The number of para-hydroxylation sites is 4. The molecule has 76 heavy (non-hydrogen) atoms. The monoisotopic (exact) mass is 969 g/mol. The number of fused-ring (bicyclic) bond motifs is 6. The summed E-state index contributed by atoms with van der Waals surface area (Å²) in [5.41, 5.74) is 21.0. The van der Waals surface area contributed by atoms with Gasteiger partial charge in [0.1, 0.15) is 0 Å². The topological polar surface area (TPSA) is 11.4 Å². The van der Waals surface area contributed by atoms with Gasteiger partial charge >= 0.3 is 0 Å². The summed E-state index contributed by atoms with van der Waals surface area (Å²) in [6.45, 7) is 0. The van der Waals surface area contributed by atoms with Gasteiger partial charge in [-0.05, 0) is 135 Å². The number of hydrogen-bond donors (Lipinski definition) is 0. The summed E-state index contributed by atoms with van der Waals surface area (Å²) < 4.78 is 2.45. The first-order chi connectivity index (χ1) is 37.7. The highest BCUT2D eigenvalue weighted by Gasteiger charge is 2.48. The van der Waals surface area contributed by atoms with E-state index in [0.717, 1.165) is 39.8 Å². The van der Waals surface area contributed by atoms with E-state index in [1.807, 2.05) is 0 Å². The van der Waals surface area contributed by atoms with Gasteiger partial charge < -0.3 is 14.4 Å². The van der Waals surface area contributed by atoms with Crippen molar-refractivity contribution in [1.82, 2.24) is 4.57 Å². The fraction of sp³-hybridized carbons (Fsp3) is 0.0137. The van der Waals surface area contributed by atoms with Crippen LogP contribution in [0.2, 0.25) is 0 Å². The van der Waals surface area contributed by atoms with Crippen LogP contribution >= 0.6 is 0 Å². The predicted molar refractivity (Wildman–Crippen MR) is 318 cm³/mol. The maximum atomic E-state index is 2.50. The molecule has 0 saturated carbocycles. The second kappa shape index (κ2) is 18.8. The molecule has 1 aromatic heterocycles. The van der Waals surface area contributed by atoms with Crippen molar-refractivity contribution in [3.05, 3.63) is 332 Å². The van der Waals surface area contributed by atoms with Crippen LogP contribution in [0.15, 0.2) is 309 Å². The Morgan fingerprint density at radius 3 is 1.29 bits per heavy atom. The van der Waals surface area contributed by atoms with Crippen LogP contribution in [0.25, 0.3) is 60.9 Å². The van der Waals surface area contributed by atoms with Crippen molar-refractivity contribution in [2.75, 3.05) is 9.80 Å². The van der Waals surface area contributed by atoms with Gasteiger partial charge in [0.05, 0.1) is 22.1 Å². The summed E-state index contributed by atoms with van der Waals surface area (Å²) in [6.07, 6.45) is 0. The lowest BCUT2D eigenvalue weighted by atomic mass is 9.67. The number of nitrogens with zero attached hydrogens (tertiary/aromatic N) is 3. The third-order valence-electron chi connectivity index (χ3n) is 15.4. The van der Waals surface area contributed by atoms with E-state index < -0.39 is 5.41 Å². The first kappa shape index (κ1) is 44.7. The van der Waals surface area contributed by atoms with Gasteiger partial charge in [-0.1, -0.05) is 224 Å². The maximum Gasteiger partial charge on any atom is 0.0715 e. The normalized spacial score (nSPS) is 13.6. The summed E-state index contributed by atoms with van der Waals surface area (Å²) in [7, 11) is 0. The van der Waals surface area contributed by atoms with Crippen molar-refractivity contribution < 1.29 is 0 Å². The molecule has 0 amide bonds. The Balaban J connectivity index is 1.09. The number of rotatable bonds is 11. The molecule has 3 nitrogen and oxygen atoms in total. The van der Waals surface area contributed by atoms with Crippen molar-refractivity contribution in [1.29, 1.82) is 0 Å². The number of benzene rings is 12. The molecule has 0 spiro atoms. The van der Waals surface area contributed by atoms with E-state index in [9.17, 15) is 0 Å². The largest absolute Gasteiger partial charge is 0.310 e. The molecule has 0 radical (unpaired) electrons. The molecule has 1 aliphatic rings. The average Bonchev–Trinajstić information content (AvgIpc) is 4.04. The Morgan fingerprint density at radius 1 is 0.276 bits per heavy atom. The minimum atomic E-state index is -0.772. The van der Waals surface area contributed by atoms with Gasteiger partial charge in [0, 0.05) is 50.5 Å². The molecule has 1 unspecified atom stereocenters. The summed E-state index contributed by atoms with van der Waals surface area (Å²) in [5, 5.41) is 2.48. The molecular formula is C73H51N3. The van der Waals surface area contributed by atoms with Crippen LogP contribution in [0, 0.1) is 0 Å². The second-order valence-electron chi connectivity index (χ2n) is 19.6. The summed E-state index contributed by atoms with van der Waals surface area (Å²) in [4.78, 5) is 4.92. The van der Waals surface area contributed by atoms with Crippen molar-refractivity contribution >= 4 is 55.9 Å². The van der Waals surface area contributed by atoms with Gasteiger partial charge in [0.2, 0.25) is 0 Å². The molecule has 13 aromatic rings. The lowest BCUT2D eigenvalue weighted by molar-refractivity contribution is 0.767. The molecule has 1 aliphatic carbocycles. The second-order valence-corrected chi connectivity index (χ2v) is 19.6. The highest BCUT2D eigenvalue weighted by Crippen LogP contribution is 2.61. The lowest BCUT2D eigenvalue weighted by Gasteiger charge is -2.36. The van der Waals surface area contributed by atoms with Crippen molar-refractivity contribution in [3.8, 4) is 39.1 Å². The minimum absolute atomic E-state index is 0.772. The van der Waals surface area contributed by atoms with Crippen molar-refractivity contribution in [2.24, 2.45) is 0 Å². The molecular weight excluding hydrogens is 919 g/mol. The van der Waals surface area contributed by atoms with Gasteiger partial charge in [-0.25, -0.2) is 0 Å². The summed E-state index contributed by atoms with van der Waals surface area (Å²) in [6, 6.07) is 113. The Bertz CT molecular complexity index is 4140. The molecule has 0 aliphatic heterocycles. The average molecular weight is 970 g/mol. The SMILES string of the molecule is c1ccc(-c2ccc(N(c3ccccc3)c3cc(N(c4ccccc4)c4ccc(-c5ccccc5)cc4)c4c(c3)C(c3ccccc3)(c3cccc(-n5c6ccccc6c6ccccc65)c3)c3ccccc3-4)cc2)cc1. The molecule has 0 N–H and O–H groups in total. The first-order valence-corrected chi connectivity index (χ1v) is 26.2. The highest BCUT2D eigenvalue weighted by atomic mass is 15.2. The Labute approximate surface area is 444 Å². The van der Waals surface area contributed by atoms with Crippen LogP contribution < -0.4 is 9.80 Å². The zero-order chi connectivity index (χ0) is 50.4. The van der Waals surface area contributed by atoms with Gasteiger partial charge in [-0.15, -0.1) is 0 Å². The maximum absolute atomic E-state index is 2.50. The van der Waals surface area contributed by atoms with Crippen LogP contribution in [0.1, 0.15) is 22.3 Å². The third kappa shape index (κ3) is 7.43. The fourth-order valence-corrected chi connectivity index (χ4v) is 12.1. The van der Waals surface area contributed by atoms with Gasteiger partial charge in [0.25, 0.3) is 0 Å². The quantitative estimate of drug-likeness (QED) is 0.128. The van der Waals surface area contributed by atoms with Crippen LogP contribution in [-0.4, -0.2) is 4.57 Å². The standard InChI is InChI=1S/C73H51N3/c1-6-23-52(24-7-1)54-41-45-60(46-42-54)74(58-30-12-4-13-31-58)63-50-68-72(71(51-63)75(59-32-14-5-15-33-59)61-47-43-55(44-48-61)53-25-8-2-9-26-53)66-37-16-19-38-67(66)73(68,56-27-10-3-11-28-56)57-29-22-34-62(49-57)76-69-39-20-17-35-64(69)65-36-18-21-40-70(65)76/h1-51H. The van der Waals surface area contributed by atoms with E-state index in [1.165, 1.54) is 77.4 Å². The molecule has 12 aromatic carbocycles. The van der Waals surface area contributed by atoms with E-state index in [2.05, 4.69) is 324 Å². The molecule has 358 valence electrons. The van der Waals surface area contributed by atoms with Crippen molar-refractivity contribution in [2.45, 2.75) is 5.41 Å². The van der Waals surface area contributed by atoms with E-state index >= 15 is 0 Å². The third-order valence-corrected chi connectivity index (χ3v) is 15.4. The molecule has 3 heteroatoms. The molecule has 0 bridgehead atoms. The van der Waals surface area contributed by atoms with Crippen LogP contribution in [0.3, 0.4) is 0 Å². The fourth-order valence-electron chi connectivity index (χ4n) is 12.1. The zero-order valence-corrected chi connectivity index (χ0v) is 41.8. The Hall–Kier alpha value is -9.96. The number of hydrogen-bond acceptors (Lipinski definition) is 2. The number of aromatic nitrogens is 1. The van der Waals surface area contributed by atoms with Gasteiger partial charge in [0.15, 0.2) is 0 Å². The van der Waals surface area contributed by atoms with E-state index in [4.69, 9.17) is 0 Å². The predicted octanol–water partition coefficient (Wildman–Crippen LogP) is 19.4. The van der Waals surface area contributed by atoms with E-state index in [-0.39, 0.29) is 0 Å². The summed E-state index contributed by atoms with van der Waals surface area (Å²) >= 11 is 0. The first-order valence-electron chi connectivity index (χ1n) is 26.2. The van der Waals surface area contributed by atoms with Crippen LogP contribution in [0.4, 0.5) is 34.1 Å². The smallest absolute Gasteiger partial charge is 0.0715 e. The van der Waals surface area contributed by atoms with Crippen LogP contribution in [0.5, 0.6) is 0 Å². The van der Waals surface area contributed by atoms with Crippen LogP contribution in [-0.2, 0) is 5.41 Å². The highest BCUT2D eigenvalue weighted by molar-refractivity contribution is 6.09. The Kier molecular flexibility index (Phi) is 11.1. The Morgan fingerprint density at radius 2 is 0.711 bits per heavy atom. The zero-order valence-electron chi connectivity index (χ0n) is 41.8. The van der Waals surface area contributed by atoms with E-state index in [1.54, 1.807) is 0 Å². The minimum Gasteiger partial charge on any atom is -0.310 e. The van der Waals surface area contributed by atoms with Gasteiger partial charge in [-0.2, -0.15) is 0 Å². The lowest BCUT2D eigenvalue weighted by Crippen LogP contribution is -2.29. The molecule has 1 heterocycles. The number of anilines is 6. The molecule has 1 atom stereocenters. The summed E-state index contributed by atoms with van der Waals surface area (Å²) in [5.74, 6) is 0. The van der Waals surface area contributed by atoms with Crippen molar-refractivity contribution in [3.63, 3.8) is 0 Å². The van der Waals surface area contributed by atoms with Gasteiger partial charge in [-0.3, -0.25) is 0 Å². The molecule has 14 rings (SSSR count). The molecule has 0 fully saturated rings. The molecule has 0 saturated heterocycles. The van der Waals surface area contributed by atoms with E-state index in [0.29, 0.717) is 0 Å².